The molecule has 7 nitrogen and oxygen atoms in total. The molecule has 0 aliphatic carbocycles. The molecule has 0 spiro atoms. The van der Waals surface area contributed by atoms with Crippen molar-refractivity contribution < 1.29 is 23.9 Å². The highest BCUT2D eigenvalue weighted by molar-refractivity contribution is 8.00. The Morgan fingerprint density at radius 2 is 1.94 bits per heavy atom. The fourth-order valence-corrected chi connectivity index (χ4v) is 2.89. The van der Waals surface area contributed by atoms with E-state index in [1.165, 1.54) is 14.2 Å². The molecule has 1 rings (SSSR count). The molecule has 1 saturated heterocycles. The van der Waals surface area contributed by atoms with E-state index >= 15 is 0 Å². The largest absolute Gasteiger partial charge is 0.467 e. The SMILES string of the molecule is COC(=O)[C@H]1CS[C@@H](C(=O)OC)N1C(=O)CC#N. The molecule has 1 heterocycles. The lowest BCUT2D eigenvalue weighted by Gasteiger charge is -2.25. The van der Waals surface area contributed by atoms with Crippen molar-refractivity contribution in [2.75, 3.05) is 20.0 Å². The average Bonchev–Trinajstić information content (AvgIpc) is 2.81. The van der Waals surface area contributed by atoms with Crippen LogP contribution in [0.1, 0.15) is 6.42 Å². The third-order valence-electron chi connectivity index (χ3n) is 2.39. The number of carbonyl (C=O) groups excluding carboxylic acids is 3. The number of amides is 1. The maximum Gasteiger partial charge on any atom is 0.339 e. The molecule has 8 heteroatoms. The van der Waals surface area contributed by atoms with Crippen molar-refractivity contribution in [3.63, 3.8) is 0 Å². The monoisotopic (exact) mass is 272 g/mol. The summed E-state index contributed by atoms with van der Waals surface area (Å²) in [6.45, 7) is 0. The molecule has 0 aromatic carbocycles. The van der Waals surface area contributed by atoms with Gasteiger partial charge in [-0.25, -0.2) is 9.59 Å². The molecule has 0 unspecified atom stereocenters. The Bertz CT molecular complexity index is 382. The molecule has 18 heavy (non-hydrogen) atoms. The Balaban J connectivity index is 2.96. The zero-order valence-electron chi connectivity index (χ0n) is 9.91. The second kappa shape index (κ2) is 6.26. The highest BCUT2D eigenvalue weighted by atomic mass is 32.2. The van der Waals surface area contributed by atoms with Gasteiger partial charge in [-0.15, -0.1) is 11.8 Å². The Morgan fingerprint density at radius 1 is 1.33 bits per heavy atom. The van der Waals surface area contributed by atoms with Gasteiger partial charge in [-0.3, -0.25) is 4.79 Å². The number of nitrogens with zero attached hydrogens (tertiary/aromatic N) is 2. The first-order chi connectivity index (χ1) is 8.56. The third kappa shape index (κ3) is 2.73. The highest BCUT2D eigenvalue weighted by Gasteiger charge is 2.45. The molecule has 0 aromatic rings. The van der Waals surface area contributed by atoms with Crippen LogP contribution in [-0.4, -0.2) is 54.1 Å². The number of carbonyl (C=O) groups is 3. The summed E-state index contributed by atoms with van der Waals surface area (Å²) in [4.78, 5) is 35.9. The summed E-state index contributed by atoms with van der Waals surface area (Å²) in [5, 5.41) is 7.62. The van der Waals surface area contributed by atoms with Crippen LogP contribution in [0.2, 0.25) is 0 Å². The van der Waals surface area contributed by atoms with Crippen LogP contribution < -0.4 is 0 Å². The normalized spacial score (nSPS) is 22.2. The van der Waals surface area contributed by atoms with Gasteiger partial charge in [0.2, 0.25) is 5.91 Å². The number of thioether (sulfide) groups is 1. The maximum absolute atomic E-state index is 11.8. The van der Waals surface area contributed by atoms with Crippen molar-refractivity contribution in [2.45, 2.75) is 17.8 Å². The summed E-state index contributed by atoms with van der Waals surface area (Å²) < 4.78 is 9.14. The second-order valence-corrected chi connectivity index (χ2v) is 4.50. The predicted octanol–water partition coefficient (Wildman–Crippen LogP) is -0.484. The van der Waals surface area contributed by atoms with E-state index in [-0.39, 0.29) is 5.75 Å². The minimum atomic E-state index is -0.903. The minimum Gasteiger partial charge on any atom is -0.467 e. The number of rotatable bonds is 3. The molecule has 0 N–H and O–H groups in total. The maximum atomic E-state index is 11.8. The molecule has 0 radical (unpaired) electrons. The number of methoxy groups -OCH3 is 2. The molecule has 0 bridgehead atoms. The van der Waals surface area contributed by atoms with Crippen LogP contribution in [0, 0.1) is 11.3 Å². The smallest absolute Gasteiger partial charge is 0.339 e. The van der Waals surface area contributed by atoms with Crippen LogP contribution in [0.25, 0.3) is 0 Å². The van der Waals surface area contributed by atoms with Crippen LogP contribution >= 0.6 is 11.8 Å². The number of ether oxygens (including phenoxy) is 2. The highest BCUT2D eigenvalue weighted by Crippen LogP contribution is 2.31. The van der Waals surface area contributed by atoms with Crippen LogP contribution in [0.4, 0.5) is 0 Å². The summed E-state index contributed by atoms with van der Waals surface area (Å²) >= 11 is 1.11. The van der Waals surface area contributed by atoms with Crippen molar-refractivity contribution in [3.05, 3.63) is 0 Å². The van der Waals surface area contributed by atoms with Gasteiger partial charge in [0.05, 0.1) is 20.3 Å². The van der Waals surface area contributed by atoms with Gasteiger partial charge in [-0.1, -0.05) is 0 Å². The third-order valence-corrected chi connectivity index (χ3v) is 3.64. The fraction of sp³-hybridized carbons (Fsp3) is 0.600. The van der Waals surface area contributed by atoms with Crippen LogP contribution in [0.3, 0.4) is 0 Å². The quantitative estimate of drug-likeness (QED) is 0.640. The van der Waals surface area contributed by atoms with Crippen LogP contribution in [-0.2, 0) is 23.9 Å². The van der Waals surface area contributed by atoms with Gasteiger partial charge >= 0.3 is 11.9 Å². The molecule has 98 valence electrons. The van der Waals surface area contributed by atoms with Crippen molar-refractivity contribution in [2.24, 2.45) is 0 Å². The zero-order valence-corrected chi connectivity index (χ0v) is 10.7. The molecule has 1 fully saturated rings. The lowest BCUT2D eigenvalue weighted by Crippen LogP contribution is -2.48. The van der Waals surface area contributed by atoms with Crippen LogP contribution in [0.5, 0.6) is 0 Å². The van der Waals surface area contributed by atoms with Gasteiger partial charge in [0.1, 0.15) is 12.5 Å². The number of nitriles is 1. The topological polar surface area (TPSA) is 96.7 Å². The second-order valence-electron chi connectivity index (χ2n) is 3.38. The Morgan fingerprint density at radius 3 is 2.44 bits per heavy atom. The van der Waals surface area contributed by atoms with Gasteiger partial charge in [0.25, 0.3) is 0 Å². The van der Waals surface area contributed by atoms with Crippen molar-refractivity contribution in [1.82, 2.24) is 4.90 Å². The fourth-order valence-electron chi connectivity index (χ4n) is 1.57. The minimum absolute atomic E-state index is 0.240. The van der Waals surface area contributed by atoms with E-state index in [1.807, 2.05) is 0 Å². The first kappa shape index (κ1) is 14.3. The van der Waals surface area contributed by atoms with E-state index in [1.54, 1.807) is 6.07 Å². The number of esters is 2. The number of hydrogen-bond acceptors (Lipinski definition) is 7. The molecule has 0 aromatic heterocycles. The summed E-state index contributed by atoms with van der Waals surface area (Å²) in [5.41, 5.74) is 0. The molecule has 1 amide bonds. The van der Waals surface area contributed by atoms with E-state index in [9.17, 15) is 14.4 Å². The van der Waals surface area contributed by atoms with E-state index in [2.05, 4.69) is 9.47 Å². The molecular formula is C10H12N2O5S. The summed E-state index contributed by atoms with van der Waals surface area (Å²) in [5.74, 6) is -1.59. The summed E-state index contributed by atoms with van der Waals surface area (Å²) in [7, 11) is 2.40. The van der Waals surface area contributed by atoms with E-state index in [0.717, 1.165) is 16.7 Å². The zero-order chi connectivity index (χ0) is 13.7. The molecule has 2 atom stereocenters. The van der Waals surface area contributed by atoms with Crippen molar-refractivity contribution in [3.8, 4) is 6.07 Å². The molecule has 0 saturated carbocycles. The Kier molecular flexibility index (Phi) is 4.97. The predicted molar refractivity (Wildman–Crippen MR) is 61.1 cm³/mol. The van der Waals surface area contributed by atoms with E-state index in [4.69, 9.17) is 5.26 Å². The lowest BCUT2D eigenvalue weighted by molar-refractivity contribution is -0.156. The van der Waals surface area contributed by atoms with Crippen LogP contribution in [0.15, 0.2) is 0 Å². The average molecular weight is 272 g/mol. The van der Waals surface area contributed by atoms with Gasteiger partial charge in [0, 0.05) is 5.75 Å². The van der Waals surface area contributed by atoms with E-state index in [0.29, 0.717) is 0 Å². The molecule has 1 aliphatic rings. The molecule has 1 aliphatic heterocycles. The Hall–Kier alpha value is -1.75. The van der Waals surface area contributed by atoms with Gasteiger partial charge in [0.15, 0.2) is 5.37 Å². The van der Waals surface area contributed by atoms with Gasteiger partial charge in [-0.2, -0.15) is 5.26 Å². The first-order valence-electron chi connectivity index (χ1n) is 5.02. The standard InChI is InChI=1S/C10H12N2O5S/c1-16-9(14)6-5-18-8(10(15)17-2)12(6)7(13)3-4-11/h6,8H,3,5H2,1-2H3/t6-,8+/m1/s1. The van der Waals surface area contributed by atoms with Gasteiger partial charge < -0.3 is 14.4 Å². The first-order valence-corrected chi connectivity index (χ1v) is 6.07. The Labute approximate surface area is 108 Å². The summed E-state index contributed by atoms with van der Waals surface area (Å²) in [6, 6.07) is 0.838. The van der Waals surface area contributed by atoms with Crippen molar-refractivity contribution >= 4 is 29.6 Å². The molecular weight excluding hydrogens is 260 g/mol. The summed E-state index contributed by atoms with van der Waals surface area (Å²) in [6.07, 6.45) is -0.401. The van der Waals surface area contributed by atoms with E-state index < -0.39 is 35.7 Å². The number of hydrogen-bond donors (Lipinski definition) is 0. The van der Waals surface area contributed by atoms with Crippen molar-refractivity contribution in [1.29, 1.82) is 5.26 Å². The van der Waals surface area contributed by atoms with Gasteiger partial charge in [-0.05, 0) is 0 Å². The lowest BCUT2D eigenvalue weighted by atomic mass is 10.2.